The Morgan fingerprint density at radius 2 is 2.04 bits per heavy atom. The van der Waals surface area contributed by atoms with Crippen molar-refractivity contribution in [3.63, 3.8) is 0 Å². The molecule has 7 heteroatoms. The van der Waals surface area contributed by atoms with Crippen molar-refractivity contribution in [1.82, 2.24) is 19.8 Å². The lowest BCUT2D eigenvalue weighted by Crippen LogP contribution is -2.11. The molecular weight excluding hydrogens is 318 g/mol. The van der Waals surface area contributed by atoms with Gasteiger partial charge in [-0.3, -0.25) is 0 Å². The molecule has 1 aromatic carbocycles. The van der Waals surface area contributed by atoms with E-state index < -0.39 is 0 Å². The van der Waals surface area contributed by atoms with E-state index in [1.165, 1.54) is 12.8 Å². The molecule has 1 aliphatic rings. The predicted molar refractivity (Wildman–Crippen MR) is 94.3 cm³/mol. The number of hydrogen-bond acceptors (Lipinski definition) is 6. The summed E-state index contributed by atoms with van der Waals surface area (Å²) in [6, 6.07) is 7.88. The summed E-state index contributed by atoms with van der Waals surface area (Å²) in [6.07, 6.45) is 4.03. The third-order valence-corrected chi connectivity index (χ3v) is 4.56. The maximum Gasteiger partial charge on any atom is 0.200 e. The molecule has 0 spiro atoms. The summed E-state index contributed by atoms with van der Waals surface area (Å²) in [5.74, 6) is 2.16. The molecule has 0 bridgehead atoms. The minimum absolute atomic E-state index is 0.00000283. The fourth-order valence-electron chi connectivity index (χ4n) is 3.02. The molecule has 2 aromatic heterocycles. The van der Waals surface area contributed by atoms with Crippen LogP contribution in [-0.2, 0) is 0 Å². The lowest BCUT2D eigenvalue weighted by atomic mass is 10.1. The average Bonchev–Trinajstić information content (AvgIpc) is 3.38. The second kappa shape index (κ2) is 6.23. The maximum atomic E-state index is 5.51. The fraction of sp³-hybridized carbons (Fsp3) is 0.389. The van der Waals surface area contributed by atoms with Gasteiger partial charge in [0.25, 0.3) is 0 Å². The molecule has 1 N–H and O–H groups in total. The summed E-state index contributed by atoms with van der Waals surface area (Å²) in [7, 11) is 3.33. The summed E-state index contributed by atoms with van der Waals surface area (Å²) in [5.41, 5.74) is 3.74. The smallest absolute Gasteiger partial charge is 0.200 e. The molecule has 4 rings (SSSR count). The highest BCUT2D eigenvalue weighted by Crippen LogP contribution is 2.40. The molecule has 0 amide bonds. The molecule has 1 fully saturated rings. The monoisotopic (exact) mass is 339 g/mol. The molecule has 2 heterocycles. The van der Waals surface area contributed by atoms with Crippen LogP contribution in [0.3, 0.4) is 0 Å². The van der Waals surface area contributed by atoms with Crippen molar-refractivity contribution in [2.24, 2.45) is 0 Å². The van der Waals surface area contributed by atoms with Crippen LogP contribution in [0.15, 0.2) is 30.6 Å². The number of nitrogens with zero attached hydrogens (tertiary/aromatic N) is 4. The molecule has 0 radical (unpaired) electrons. The molecule has 130 valence electrons. The maximum absolute atomic E-state index is 5.51. The van der Waals surface area contributed by atoms with E-state index in [0.717, 1.165) is 34.1 Å². The lowest BCUT2D eigenvalue weighted by molar-refractivity contribution is 0.397. The third kappa shape index (κ3) is 2.97. The van der Waals surface area contributed by atoms with Gasteiger partial charge in [0.05, 0.1) is 31.6 Å². The molecule has 1 saturated carbocycles. The van der Waals surface area contributed by atoms with Crippen LogP contribution in [-0.4, -0.2) is 34.0 Å². The number of benzene rings is 1. The molecule has 3 aromatic rings. The zero-order chi connectivity index (χ0) is 17.4. The van der Waals surface area contributed by atoms with Gasteiger partial charge >= 0.3 is 0 Å². The Labute approximate surface area is 146 Å². The van der Waals surface area contributed by atoms with Crippen molar-refractivity contribution in [3.8, 4) is 11.5 Å². The molecule has 1 aliphatic carbocycles. The van der Waals surface area contributed by atoms with E-state index in [0.29, 0.717) is 5.92 Å². The second-order valence-electron chi connectivity index (χ2n) is 6.33. The SMILES string of the molecule is COc1ccc(OC)c(C(C)Nc2cc(C3CC3)nn3cnnc23)c1. The minimum atomic E-state index is 0.00000283. The van der Waals surface area contributed by atoms with Gasteiger partial charge in [-0.25, -0.2) is 0 Å². The summed E-state index contributed by atoms with van der Waals surface area (Å²) in [4.78, 5) is 0. The zero-order valence-corrected chi connectivity index (χ0v) is 14.6. The predicted octanol–water partition coefficient (Wildman–Crippen LogP) is 3.19. The first kappa shape index (κ1) is 15.7. The van der Waals surface area contributed by atoms with Gasteiger partial charge in [0, 0.05) is 11.5 Å². The lowest BCUT2D eigenvalue weighted by Gasteiger charge is -2.19. The van der Waals surface area contributed by atoms with Crippen molar-refractivity contribution >= 4 is 11.3 Å². The molecule has 0 aliphatic heterocycles. The first-order valence-electron chi connectivity index (χ1n) is 8.39. The number of methoxy groups -OCH3 is 2. The largest absolute Gasteiger partial charge is 0.497 e. The first-order valence-corrected chi connectivity index (χ1v) is 8.39. The van der Waals surface area contributed by atoms with E-state index in [-0.39, 0.29) is 6.04 Å². The van der Waals surface area contributed by atoms with Crippen molar-refractivity contribution in [1.29, 1.82) is 0 Å². The van der Waals surface area contributed by atoms with Gasteiger partial charge in [0.15, 0.2) is 0 Å². The summed E-state index contributed by atoms with van der Waals surface area (Å²) in [6.45, 7) is 2.08. The number of nitrogens with one attached hydrogen (secondary N) is 1. The summed E-state index contributed by atoms with van der Waals surface area (Å²) in [5, 5.41) is 16.3. The standard InChI is InChI=1S/C18H21N5O2/c1-11(14-8-13(24-2)6-7-17(14)25-3)20-16-9-15(12-4-5-12)22-23-10-19-21-18(16)23/h6-12,20H,4-5H2,1-3H3. The van der Waals surface area contributed by atoms with E-state index in [2.05, 4.69) is 33.6 Å². The normalized spacial score (nSPS) is 15.2. The molecular formula is C18H21N5O2. The Balaban J connectivity index is 1.70. The fourth-order valence-corrected chi connectivity index (χ4v) is 3.02. The third-order valence-electron chi connectivity index (χ3n) is 4.56. The topological polar surface area (TPSA) is 73.6 Å². The van der Waals surface area contributed by atoms with Crippen LogP contribution in [0.25, 0.3) is 5.65 Å². The molecule has 0 saturated heterocycles. The molecule has 7 nitrogen and oxygen atoms in total. The van der Waals surface area contributed by atoms with E-state index in [4.69, 9.17) is 9.47 Å². The average molecular weight is 339 g/mol. The number of rotatable bonds is 6. The Kier molecular flexibility index (Phi) is 3.91. The van der Waals surface area contributed by atoms with Gasteiger partial charge in [-0.05, 0) is 44.0 Å². The quantitative estimate of drug-likeness (QED) is 0.743. The summed E-state index contributed by atoms with van der Waals surface area (Å²) >= 11 is 0. The first-order chi connectivity index (χ1) is 12.2. The van der Waals surface area contributed by atoms with Crippen LogP contribution in [0.4, 0.5) is 5.69 Å². The van der Waals surface area contributed by atoms with Crippen LogP contribution in [0.2, 0.25) is 0 Å². The number of hydrogen-bond donors (Lipinski definition) is 1. The van der Waals surface area contributed by atoms with Crippen molar-refractivity contribution in [3.05, 3.63) is 41.9 Å². The number of ether oxygens (including phenoxy) is 2. The van der Waals surface area contributed by atoms with Gasteiger partial charge in [-0.2, -0.15) is 9.61 Å². The Morgan fingerprint density at radius 3 is 2.76 bits per heavy atom. The number of fused-ring (bicyclic) bond motifs is 1. The molecule has 1 unspecified atom stereocenters. The minimum Gasteiger partial charge on any atom is -0.497 e. The van der Waals surface area contributed by atoms with E-state index >= 15 is 0 Å². The van der Waals surface area contributed by atoms with Crippen molar-refractivity contribution in [2.75, 3.05) is 19.5 Å². The molecule has 1 atom stereocenters. The number of aromatic nitrogens is 4. The van der Waals surface area contributed by atoms with Gasteiger partial charge < -0.3 is 14.8 Å². The van der Waals surface area contributed by atoms with Gasteiger partial charge in [-0.15, -0.1) is 10.2 Å². The van der Waals surface area contributed by atoms with Gasteiger partial charge in [0.1, 0.15) is 17.8 Å². The van der Waals surface area contributed by atoms with Gasteiger partial charge in [-0.1, -0.05) is 0 Å². The van der Waals surface area contributed by atoms with Crippen LogP contribution >= 0.6 is 0 Å². The van der Waals surface area contributed by atoms with E-state index in [9.17, 15) is 0 Å². The van der Waals surface area contributed by atoms with Crippen LogP contribution in [0.5, 0.6) is 11.5 Å². The highest BCUT2D eigenvalue weighted by molar-refractivity contribution is 5.68. The zero-order valence-electron chi connectivity index (χ0n) is 14.6. The van der Waals surface area contributed by atoms with Crippen molar-refractivity contribution in [2.45, 2.75) is 31.7 Å². The van der Waals surface area contributed by atoms with Gasteiger partial charge in [0.2, 0.25) is 5.65 Å². The van der Waals surface area contributed by atoms with Crippen LogP contribution in [0.1, 0.15) is 43.0 Å². The Morgan fingerprint density at radius 1 is 1.20 bits per heavy atom. The highest BCUT2D eigenvalue weighted by atomic mass is 16.5. The van der Waals surface area contributed by atoms with E-state index in [1.807, 2.05) is 18.2 Å². The Bertz CT molecular complexity index is 904. The van der Waals surface area contributed by atoms with Crippen molar-refractivity contribution < 1.29 is 9.47 Å². The van der Waals surface area contributed by atoms with Crippen LogP contribution < -0.4 is 14.8 Å². The van der Waals surface area contributed by atoms with E-state index in [1.54, 1.807) is 25.1 Å². The number of anilines is 1. The summed E-state index contributed by atoms with van der Waals surface area (Å²) < 4.78 is 12.6. The second-order valence-corrected chi connectivity index (χ2v) is 6.33. The molecule has 25 heavy (non-hydrogen) atoms. The van der Waals surface area contributed by atoms with Crippen LogP contribution in [0, 0.1) is 0 Å². The highest BCUT2D eigenvalue weighted by Gasteiger charge is 2.27. The Hall–Kier alpha value is -2.83.